The van der Waals surface area contributed by atoms with Gasteiger partial charge in [-0.15, -0.1) is 0 Å². The summed E-state index contributed by atoms with van der Waals surface area (Å²) in [7, 11) is 0. The molecule has 1 unspecified atom stereocenters. The third-order valence-electron chi connectivity index (χ3n) is 2.79. The first-order chi connectivity index (χ1) is 8.70. The van der Waals surface area contributed by atoms with Gasteiger partial charge in [0, 0.05) is 8.04 Å². The van der Waals surface area contributed by atoms with Gasteiger partial charge in [-0.2, -0.15) is 0 Å². The van der Waals surface area contributed by atoms with Crippen LogP contribution in [0.25, 0.3) is 0 Å². The summed E-state index contributed by atoms with van der Waals surface area (Å²) in [6.45, 7) is 3.09. The Hall–Kier alpha value is -0.390. The molecule has 0 fully saturated rings. The monoisotopic (exact) mass is 415 g/mol. The van der Waals surface area contributed by atoms with Crippen LogP contribution < -0.4 is 5.32 Å². The van der Waals surface area contributed by atoms with Gasteiger partial charge in [0.15, 0.2) is 0 Å². The van der Waals surface area contributed by atoms with Crippen molar-refractivity contribution in [1.82, 2.24) is 5.32 Å². The van der Waals surface area contributed by atoms with Gasteiger partial charge in [0.1, 0.15) is 0 Å². The van der Waals surface area contributed by atoms with Crippen LogP contribution in [0.4, 0.5) is 0 Å². The van der Waals surface area contributed by atoms with E-state index in [0.29, 0.717) is 0 Å². The molecule has 1 atom stereocenters. The van der Waals surface area contributed by atoms with E-state index in [2.05, 4.69) is 99.3 Å². The SMILES string of the molecule is CCNC(c1ccc(Br)cc1)c1cccc(I)c1. The second-order valence-corrected chi connectivity index (χ2v) is 6.26. The molecule has 2 aromatic carbocycles. The zero-order valence-corrected chi connectivity index (χ0v) is 13.9. The molecule has 0 aliphatic rings. The van der Waals surface area contributed by atoms with Gasteiger partial charge >= 0.3 is 0 Å². The lowest BCUT2D eigenvalue weighted by Crippen LogP contribution is -2.21. The summed E-state index contributed by atoms with van der Waals surface area (Å²) in [4.78, 5) is 0. The van der Waals surface area contributed by atoms with Crippen molar-refractivity contribution in [1.29, 1.82) is 0 Å². The van der Waals surface area contributed by atoms with Crippen molar-refractivity contribution in [3.63, 3.8) is 0 Å². The van der Waals surface area contributed by atoms with Crippen LogP contribution in [0.2, 0.25) is 0 Å². The van der Waals surface area contributed by atoms with Crippen LogP contribution in [0.15, 0.2) is 53.0 Å². The molecule has 3 heteroatoms. The molecule has 0 aliphatic carbocycles. The van der Waals surface area contributed by atoms with Crippen molar-refractivity contribution in [3.8, 4) is 0 Å². The molecular formula is C15H15BrIN. The second kappa shape index (κ2) is 6.68. The Kier molecular flexibility index (Phi) is 5.21. The summed E-state index contributed by atoms with van der Waals surface area (Å²) in [6, 6.07) is 17.4. The van der Waals surface area contributed by atoms with Gasteiger partial charge in [0.2, 0.25) is 0 Å². The van der Waals surface area contributed by atoms with Crippen molar-refractivity contribution in [2.24, 2.45) is 0 Å². The van der Waals surface area contributed by atoms with Gasteiger partial charge in [-0.3, -0.25) is 0 Å². The number of benzene rings is 2. The Morgan fingerprint density at radius 3 is 2.44 bits per heavy atom. The van der Waals surface area contributed by atoms with Gasteiger partial charge in [0.05, 0.1) is 6.04 Å². The van der Waals surface area contributed by atoms with Crippen molar-refractivity contribution < 1.29 is 0 Å². The fourth-order valence-corrected chi connectivity index (χ4v) is 2.81. The van der Waals surface area contributed by atoms with Crippen LogP contribution in [-0.2, 0) is 0 Å². The molecule has 2 rings (SSSR count). The highest BCUT2D eigenvalue weighted by molar-refractivity contribution is 14.1. The van der Waals surface area contributed by atoms with Crippen LogP contribution in [0.5, 0.6) is 0 Å². The summed E-state index contributed by atoms with van der Waals surface area (Å²) in [6.07, 6.45) is 0. The van der Waals surface area contributed by atoms with Gasteiger partial charge in [-0.1, -0.05) is 47.1 Å². The molecule has 0 radical (unpaired) electrons. The van der Waals surface area contributed by atoms with Gasteiger partial charge in [0.25, 0.3) is 0 Å². The maximum atomic E-state index is 3.54. The topological polar surface area (TPSA) is 12.0 Å². The van der Waals surface area contributed by atoms with Crippen molar-refractivity contribution in [2.45, 2.75) is 13.0 Å². The Bertz CT molecular complexity index is 510. The van der Waals surface area contributed by atoms with Crippen molar-refractivity contribution in [3.05, 3.63) is 67.7 Å². The Morgan fingerprint density at radius 2 is 1.83 bits per heavy atom. The molecule has 18 heavy (non-hydrogen) atoms. The number of hydrogen-bond donors (Lipinski definition) is 1. The molecule has 0 bridgehead atoms. The predicted octanol–water partition coefficient (Wildman–Crippen LogP) is 4.75. The lowest BCUT2D eigenvalue weighted by Gasteiger charge is -2.19. The van der Waals surface area contributed by atoms with E-state index in [0.717, 1.165) is 11.0 Å². The largest absolute Gasteiger partial charge is 0.307 e. The molecule has 1 nitrogen and oxygen atoms in total. The summed E-state index contributed by atoms with van der Waals surface area (Å²) >= 11 is 5.84. The van der Waals surface area contributed by atoms with E-state index in [1.165, 1.54) is 14.7 Å². The summed E-state index contributed by atoms with van der Waals surface area (Å²) in [5, 5.41) is 3.54. The third-order valence-corrected chi connectivity index (χ3v) is 3.99. The molecule has 0 heterocycles. The lowest BCUT2D eigenvalue weighted by molar-refractivity contribution is 0.630. The van der Waals surface area contributed by atoms with E-state index >= 15 is 0 Å². The van der Waals surface area contributed by atoms with Crippen LogP contribution in [0, 0.1) is 3.57 Å². The van der Waals surface area contributed by atoms with Crippen LogP contribution in [0.3, 0.4) is 0 Å². The third kappa shape index (κ3) is 3.56. The molecular weight excluding hydrogens is 401 g/mol. The van der Waals surface area contributed by atoms with E-state index < -0.39 is 0 Å². The number of rotatable bonds is 4. The normalized spacial score (nSPS) is 12.4. The molecule has 0 saturated carbocycles. The smallest absolute Gasteiger partial charge is 0.0577 e. The van der Waals surface area contributed by atoms with Crippen LogP contribution >= 0.6 is 38.5 Å². The van der Waals surface area contributed by atoms with Gasteiger partial charge < -0.3 is 5.32 Å². The minimum absolute atomic E-state index is 0.262. The number of halogens is 2. The summed E-state index contributed by atoms with van der Waals surface area (Å²) < 4.78 is 2.38. The maximum absolute atomic E-state index is 3.54. The standard InChI is InChI=1S/C15H15BrIN/c1-2-18-15(11-6-8-13(16)9-7-11)12-4-3-5-14(17)10-12/h3-10,15,18H,2H2,1H3. The molecule has 0 saturated heterocycles. The molecule has 2 aromatic rings. The van der Waals surface area contributed by atoms with Gasteiger partial charge in [-0.25, -0.2) is 0 Å². The van der Waals surface area contributed by atoms with E-state index in [1.54, 1.807) is 0 Å². The zero-order chi connectivity index (χ0) is 13.0. The fourth-order valence-electron chi connectivity index (χ4n) is 1.97. The first-order valence-corrected chi connectivity index (χ1v) is 7.82. The molecule has 0 aliphatic heterocycles. The molecule has 1 N–H and O–H groups in total. The highest BCUT2D eigenvalue weighted by atomic mass is 127. The predicted molar refractivity (Wildman–Crippen MR) is 88.8 cm³/mol. The molecule has 94 valence electrons. The van der Waals surface area contributed by atoms with Crippen molar-refractivity contribution in [2.75, 3.05) is 6.54 Å². The average Bonchev–Trinajstić information content (AvgIpc) is 2.37. The first-order valence-electron chi connectivity index (χ1n) is 5.95. The summed E-state index contributed by atoms with van der Waals surface area (Å²) in [5.74, 6) is 0. The minimum atomic E-state index is 0.262. The molecule has 0 spiro atoms. The van der Waals surface area contributed by atoms with Crippen LogP contribution in [-0.4, -0.2) is 6.54 Å². The number of hydrogen-bond acceptors (Lipinski definition) is 1. The van der Waals surface area contributed by atoms with E-state index in [-0.39, 0.29) is 6.04 Å². The average molecular weight is 416 g/mol. The second-order valence-electron chi connectivity index (χ2n) is 4.10. The van der Waals surface area contributed by atoms with E-state index in [9.17, 15) is 0 Å². The first kappa shape index (κ1) is 14.0. The zero-order valence-electron chi connectivity index (χ0n) is 10.2. The highest BCUT2D eigenvalue weighted by Gasteiger charge is 2.12. The highest BCUT2D eigenvalue weighted by Crippen LogP contribution is 2.24. The van der Waals surface area contributed by atoms with E-state index in [4.69, 9.17) is 0 Å². The number of nitrogens with one attached hydrogen (secondary N) is 1. The van der Waals surface area contributed by atoms with Crippen LogP contribution in [0.1, 0.15) is 24.1 Å². The van der Waals surface area contributed by atoms with Gasteiger partial charge in [-0.05, 0) is 64.5 Å². The molecule has 0 amide bonds. The quantitative estimate of drug-likeness (QED) is 0.710. The maximum Gasteiger partial charge on any atom is 0.0577 e. The Balaban J connectivity index is 2.36. The minimum Gasteiger partial charge on any atom is -0.307 e. The Labute approximate surface area is 130 Å². The molecule has 0 aromatic heterocycles. The fraction of sp³-hybridized carbons (Fsp3) is 0.200. The van der Waals surface area contributed by atoms with Crippen molar-refractivity contribution >= 4 is 38.5 Å². The lowest BCUT2D eigenvalue weighted by atomic mass is 9.99. The Morgan fingerprint density at radius 1 is 1.11 bits per heavy atom. The summed E-state index contributed by atoms with van der Waals surface area (Å²) in [5.41, 5.74) is 2.60. The van der Waals surface area contributed by atoms with E-state index in [1.807, 2.05) is 0 Å².